The number of anilines is 1. The first-order chi connectivity index (χ1) is 21.2. The average Bonchev–Trinajstić information content (AvgIpc) is 2.98. The molecular formula is C36H40BrN3O4S. The van der Waals surface area contributed by atoms with Gasteiger partial charge in [-0.05, 0) is 82.1 Å². The fourth-order valence-electron chi connectivity index (χ4n) is 4.92. The van der Waals surface area contributed by atoms with E-state index < -0.39 is 34.1 Å². The van der Waals surface area contributed by atoms with Crippen LogP contribution in [0.4, 0.5) is 5.69 Å². The Morgan fingerprint density at radius 1 is 0.800 bits per heavy atom. The Balaban J connectivity index is 1.81. The lowest BCUT2D eigenvalue weighted by Crippen LogP contribution is -2.56. The molecule has 0 aliphatic heterocycles. The molecule has 0 bridgehead atoms. The van der Waals surface area contributed by atoms with Crippen LogP contribution in [0.1, 0.15) is 43.0 Å². The van der Waals surface area contributed by atoms with Crippen molar-refractivity contribution >= 4 is 43.5 Å². The summed E-state index contributed by atoms with van der Waals surface area (Å²) in [7, 11) is -4.15. The lowest BCUT2D eigenvalue weighted by atomic mass is 10.0. The van der Waals surface area contributed by atoms with Crippen LogP contribution in [0.3, 0.4) is 0 Å². The maximum atomic E-state index is 14.5. The van der Waals surface area contributed by atoms with Gasteiger partial charge in [0.05, 0.1) is 10.6 Å². The number of halogens is 1. The van der Waals surface area contributed by atoms with Crippen molar-refractivity contribution in [2.45, 2.75) is 64.1 Å². The molecule has 0 aromatic heterocycles. The molecule has 45 heavy (non-hydrogen) atoms. The molecule has 2 amide bonds. The van der Waals surface area contributed by atoms with E-state index in [0.717, 1.165) is 31.0 Å². The summed E-state index contributed by atoms with van der Waals surface area (Å²) >= 11 is 3.51. The smallest absolute Gasteiger partial charge is 0.264 e. The number of sulfonamides is 1. The molecule has 0 unspecified atom stereocenters. The molecule has 4 aromatic carbocycles. The Morgan fingerprint density at radius 3 is 1.96 bits per heavy atom. The molecule has 0 aliphatic carbocycles. The predicted octanol–water partition coefficient (Wildman–Crippen LogP) is 6.82. The lowest BCUT2D eigenvalue weighted by molar-refractivity contribution is -0.140. The van der Waals surface area contributed by atoms with Crippen molar-refractivity contribution in [3.8, 4) is 0 Å². The number of nitrogens with zero attached hydrogens (tertiary/aromatic N) is 2. The highest BCUT2D eigenvalue weighted by Crippen LogP contribution is 2.26. The largest absolute Gasteiger partial charge is 0.350 e. The number of aryl methyl sites for hydroxylation is 2. The van der Waals surface area contributed by atoms with E-state index in [2.05, 4.69) is 21.2 Å². The van der Waals surface area contributed by atoms with Gasteiger partial charge in [0.15, 0.2) is 0 Å². The molecule has 0 fully saturated rings. The molecule has 1 atom stereocenters. The van der Waals surface area contributed by atoms with Crippen LogP contribution >= 0.6 is 15.9 Å². The molecule has 4 aromatic rings. The Hall–Kier alpha value is -3.95. The van der Waals surface area contributed by atoms with Gasteiger partial charge in [0.1, 0.15) is 12.6 Å². The highest BCUT2D eigenvalue weighted by atomic mass is 79.9. The first-order valence-corrected chi connectivity index (χ1v) is 17.0. The van der Waals surface area contributed by atoms with Crippen molar-refractivity contribution in [1.29, 1.82) is 0 Å². The van der Waals surface area contributed by atoms with Crippen LogP contribution in [0, 0.1) is 13.8 Å². The SMILES string of the molecule is Cc1ccc(N(CC(=O)N(Cc2cccc(Br)c2)[C@H](Cc2ccccc2)C(=O)NC(C)(C)C)S(=O)(=O)c2ccc(C)cc2)cc1. The van der Waals surface area contributed by atoms with Gasteiger partial charge in [0, 0.05) is 23.0 Å². The Kier molecular flexibility index (Phi) is 10.9. The number of hydrogen-bond donors (Lipinski definition) is 1. The van der Waals surface area contributed by atoms with Crippen LogP contribution < -0.4 is 9.62 Å². The molecule has 0 radical (unpaired) electrons. The molecule has 7 nitrogen and oxygen atoms in total. The van der Waals surface area contributed by atoms with Crippen LogP contribution in [0.2, 0.25) is 0 Å². The third kappa shape index (κ3) is 9.28. The van der Waals surface area contributed by atoms with Crippen LogP contribution in [-0.2, 0) is 32.6 Å². The van der Waals surface area contributed by atoms with Crippen molar-refractivity contribution in [1.82, 2.24) is 10.2 Å². The van der Waals surface area contributed by atoms with Crippen LogP contribution in [0.15, 0.2) is 112 Å². The Bertz CT molecular complexity index is 1720. The predicted molar refractivity (Wildman–Crippen MR) is 183 cm³/mol. The van der Waals surface area contributed by atoms with E-state index in [-0.39, 0.29) is 23.8 Å². The van der Waals surface area contributed by atoms with Crippen molar-refractivity contribution in [3.63, 3.8) is 0 Å². The molecule has 0 aliphatic rings. The van der Waals surface area contributed by atoms with Gasteiger partial charge >= 0.3 is 0 Å². The van der Waals surface area contributed by atoms with Gasteiger partial charge < -0.3 is 10.2 Å². The molecular weight excluding hydrogens is 650 g/mol. The number of rotatable bonds is 11. The van der Waals surface area contributed by atoms with E-state index >= 15 is 0 Å². The molecule has 0 saturated carbocycles. The van der Waals surface area contributed by atoms with Gasteiger partial charge in [-0.25, -0.2) is 8.42 Å². The summed E-state index contributed by atoms with van der Waals surface area (Å²) in [4.78, 5) is 30.1. The molecule has 236 valence electrons. The van der Waals surface area contributed by atoms with E-state index in [1.807, 2.05) is 101 Å². The monoisotopic (exact) mass is 689 g/mol. The zero-order chi connectivity index (χ0) is 32.8. The zero-order valence-corrected chi connectivity index (χ0v) is 28.7. The van der Waals surface area contributed by atoms with E-state index in [1.54, 1.807) is 36.4 Å². The highest BCUT2D eigenvalue weighted by Gasteiger charge is 2.35. The summed E-state index contributed by atoms with van der Waals surface area (Å²) in [5, 5.41) is 3.05. The van der Waals surface area contributed by atoms with Gasteiger partial charge in [0.2, 0.25) is 11.8 Å². The highest BCUT2D eigenvalue weighted by molar-refractivity contribution is 9.10. The Labute approximate surface area is 275 Å². The topological polar surface area (TPSA) is 86.8 Å². The first-order valence-electron chi connectivity index (χ1n) is 14.8. The second kappa shape index (κ2) is 14.4. The number of hydrogen-bond acceptors (Lipinski definition) is 4. The third-order valence-electron chi connectivity index (χ3n) is 7.22. The maximum absolute atomic E-state index is 14.5. The molecule has 0 saturated heterocycles. The molecule has 4 rings (SSSR count). The minimum absolute atomic E-state index is 0.0753. The number of carbonyl (C=O) groups excluding carboxylic acids is 2. The normalized spacial score (nSPS) is 12.3. The summed E-state index contributed by atoms with van der Waals surface area (Å²) in [5.74, 6) is -0.825. The van der Waals surface area contributed by atoms with Crippen molar-refractivity contribution in [2.75, 3.05) is 10.8 Å². The van der Waals surface area contributed by atoms with E-state index in [9.17, 15) is 18.0 Å². The van der Waals surface area contributed by atoms with Gasteiger partial charge in [-0.2, -0.15) is 0 Å². The van der Waals surface area contributed by atoms with Crippen LogP contribution in [0.25, 0.3) is 0 Å². The van der Waals surface area contributed by atoms with E-state index in [4.69, 9.17) is 0 Å². The minimum atomic E-state index is -4.15. The van der Waals surface area contributed by atoms with Crippen LogP contribution in [-0.4, -0.2) is 43.3 Å². The molecule has 9 heteroatoms. The molecule has 0 spiro atoms. The van der Waals surface area contributed by atoms with Crippen molar-refractivity contribution in [2.24, 2.45) is 0 Å². The van der Waals surface area contributed by atoms with E-state index in [0.29, 0.717) is 5.69 Å². The quantitative estimate of drug-likeness (QED) is 0.187. The summed E-state index contributed by atoms with van der Waals surface area (Å²) in [5.41, 5.74) is 3.34. The van der Waals surface area contributed by atoms with Gasteiger partial charge in [-0.15, -0.1) is 0 Å². The van der Waals surface area contributed by atoms with Crippen LogP contribution in [0.5, 0.6) is 0 Å². The third-order valence-corrected chi connectivity index (χ3v) is 9.50. The second-order valence-electron chi connectivity index (χ2n) is 12.3. The standard InChI is InChI=1S/C36H40BrN3O4S/c1-26-14-18-31(19-15-26)40(45(43,44)32-20-16-27(2)17-21-32)25-34(41)39(24-29-12-9-13-30(37)22-29)33(35(42)38-36(3,4)5)23-28-10-7-6-8-11-28/h6-22,33H,23-25H2,1-5H3,(H,38,42)/t33-/m1/s1. The number of benzene rings is 4. The maximum Gasteiger partial charge on any atom is 0.264 e. The van der Waals surface area contributed by atoms with Gasteiger partial charge in [0.25, 0.3) is 10.0 Å². The van der Waals surface area contributed by atoms with E-state index in [1.165, 1.54) is 4.90 Å². The summed E-state index contributed by atoms with van der Waals surface area (Å²) < 4.78 is 30.2. The molecule has 1 N–H and O–H groups in total. The Morgan fingerprint density at radius 2 is 1.38 bits per heavy atom. The number of nitrogens with one attached hydrogen (secondary N) is 1. The summed E-state index contributed by atoms with van der Waals surface area (Å²) in [6.45, 7) is 9.05. The average molecular weight is 691 g/mol. The number of carbonyl (C=O) groups is 2. The second-order valence-corrected chi connectivity index (χ2v) is 15.0. The van der Waals surface area contributed by atoms with Crippen molar-refractivity contribution in [3.05, 3.63) is 130 Å². The van der Waals surface area contributed by atoms with Gasteiger partial charge in [-0.3, -0.25) is 13.9 Å². The van der Waals surface area contributed by atoms with Crippen molar-refractivity contribution < 1.29 is 18.0 Å². The summed E-state index contributed by atoms with van der Waals surface area (Å²) in [6, 6.07) is 29.7. The first kappa shape index (κ1) is 33.9. The zero-order valence-electron chi connectivity index (χ0n) is 26.3. The fourth-order valence-corrected chi connectivity index (χ4v) is 6.78. The fraction of sp³-hybridized carbons (Fsp3) is 0.278. The van der Waals surface area contributed by atoms with Gasteiger partial charge in [-0.1, -0.05) is 93.8 Å². The summed E-state index contributed by atoms with van der Waals surface area (Å²) in [6.07, 6.45) is 0.248. The lowest BCUT2D eigenvalue weighted by Gasteiger charge is -2.35. The molecule has 0 heterocycles. The number of amides is 2. The minimum Gasteiger partial charge on any atom is -0.350 e.